The summed E-state index contributed by atoms with van der Waals surface area (Å²) in [6.45, 7) is 4.84. The average Bonchev–Trinajstić information content (AvgIpc) is 2.85. The highest BCUT2D eigenvalue weighted by molar-refractivity contribution is 7.15. The van der Waals surface area contributed by atoms with E-state index in [4.69, 9.17) is 0 Å². The number of hydrogen-bond acceptors (Lipinski definition) is 4. The van der Waals surface area contributed by atoms with Gasteiger partial charge in [-0.2, -0.15) is 0 Å². The van der Waals surface area contributed by atoms with Gasteiger partial charge in [0.2, 0.25) is 0 Å². The van der Waals surface area contributed by atoms with E-state index in [2.05, 4.69) is 31.3 Å². The van der Waals surface area contributed by atoms with Crippen LogP contribution in [0.1, 0.15) is 29.0 Å². The Kier molecular flexibility index (Phi) is 4.29. The summed E-state index contributed by atoms with van der Waals surface area (Å²) in [4.78, 5) is 11.2. The van der Waals surface area contributed by atoms with Crippen LogP contribution in [0.4, 0.5) is 5.00 Å². The molecular weight excluding hydrogens is 260 g/mol. The summed E-state index contributed by atoms with van der Waals surface area (Å²) >= 11 is 1.22. The van der Waals surface area contributed by atoms with Crippen molar-refractivity contribution in [3.8, 4) is 0 Å². The predicted octanol–water partition coefficient (Wildman–Crippen LogP) is 3.82. The zero-order valence-electron chi connectivity index (χ0n) is 10.9. The molecular formula is C14H16N2O2S. The Balaban J connectivity index is 1.98. The number of thiophene rings is 1. The van der Waals surface area contributed by atoms with E-state index < -0.39 is 0 Å². The van der Waals surface area contributed by atoms with Crippen molar-refractivity contribution in [2.75, 3.05) is 0 Å². The van der Waals surface area contributed by atoms with Gasteiger partial charge in [0.05, 0.1) is 4.92 Å². The molecule has 2 rings (SSSR count). The third-order valence-electron chi connectivity index (χ3n) is 3.06. The summed E-state index contributed by atoms with van der Waals surface area (Å²) in [5, 5.41) is 14.2. The molecule has 0 aliphatic rings. The van der Waals surface area contributed by atoms with E-state index in [-0.39, 0.29) is 16.0 Å². The van der Waals surface area contributed by atoms with E-state index in [0.29, 0.717) is 6.54 Å². The van der Waals surface area contributed by atoms with Gasteiger partial charge in [0.15, 0.2) is 0 Å². The fraction of sp³-hybridized carbons (Fsp3) is 0.286. The first-order valence-electron chi connectivity index (χ1n) is 6.10. The van der Waals surface area contributed by atoms with Gasteiger partial charge in [-0.15, -0.1) is 0 Å². The number of benzene rings is 1. The van der Waals surface area contributed by atoms with E-state index in [1.165, 1.54) is 22.5 Å². The van der Waals surface area contributed by atoms with Crippen LogP contribution in [0.2, 0.25) is 0 Å². The van der Waals surface area contributed by atoms with Gasteiger partial charge in [-0.05, 0) is 31.0 Å². The lowest BCUT2D eigenvalue weighted by atomic mass is 10.0. The molecule has 0 aliphatic carbocycles. The molecule has 4 nitrogen and oxygen atoms in total. The minimum absolute atomic E-state index is 0.195. The van der Waals surface area contributed by atoms with Gasteiger partial charge in [-0.25, -0.2) is 0 Å². The van der Waals surface area contributed by atoms with Crippen molar-refractivity contribution in [1.29, 1.82) is 0 Å². The summed E-state index contributed by atoms with van der Waals surface area (Å²) in [6.07, 6.45) is 0. The molecule has 5 heteroatoms. The summed E-state index contributed by atoms with van der Waals surface area (Å²) in [5.74, 6) is 0. The molecule has 0 radical (unpaired) electrons. The second kappa shape index (κ2) is 5.95. The Hall–Kier alpha value is -1.72. The highest BCUT2D eigenvalue weighted by atomic mass is 32.1. The van der Waals surface area contributed by atoms with Crippen LogP contribution in [0.5, 0.6) is 0 Å². The SMILES string of the molecule is Cc1ccccc1[C@@H](C)NCc1ccc([N+](=O)[O-])s1. The van der Waals surface area contributed by atoms with Crippen molar-refractivity contribution in [1.82, 2.24) is 5.32 Å². The molecule has 19 heavy (non-hydrogen) atoms. The molecule has 0 aliphatic heterocycles. The van der Waals surface area contributed by atoms with Crippen molar-refractivity contribution in [2.24, 2.45) is 0 Å². The fourth-order valence-corrected chi connectivity index (χ4v) is 2.77. The second-order valence-corrected chi connectivity index (χ2v) is 5.60. The molecule has 100 valence electrons. The van der Waals surface area contributed by atoms with Crippen LogP contribution in [-0.4, -0.2) is 4.92 Å². The molecule has 1 aromatic carbocycles. The Bertz CT molecular complexity index is 580. The Morgan fingerprint density at radius 3 is 2.68 bits per heavy atom. The van der Waals surface area contributed by atoms with Crippen LogP contribution < -0.4 is 5.32 Å². The molecule has 1 heterocycles. The van der Waals surface area contributed by atoms with E-state index in [1.807, 2.05) is 12.1 Å². The zero-order valence-corrected chi connectivity index (χ0v) is 11.7. The molecule has 0 fully saturated rings. The van der Waals surface area contributed by atoms with Crippen molar-refractivity contribution >= 4 is 16.3 Å². The van der Waals surface area contributed by atoms with Gasteiger partial charge in [-0.1, -0.05) is 35.6 Å². The van der Waals surface area contributed by atoms with Gasteiger partial charge < -0.3 is 5.32 Å². The van der Waals surface area contributed by atoms with E-state index in [9.17, 15) is 10.1 Å². The third-order valence-corrected chi connectivity index (χ3v) is 4.10. The van der Waals surface area contributed by atoms with Gasteiger partial charge in [0, 0.05) is 23.5 Å². The number of nitrogens with one attached hydrogen (secondary N) is 1. The minimum atomic E-state index is -0.348. The molecule has 0 spiro atoms. The Morgan fingerprint density at radius 2 is 2.05 bits per heavy atom. The normalized spacial score (nSPS) is 12.3. The summed E-state index contributed by atoms with van der Waals surface area (Å²) in [5.41, 5.74) is 2.51. The second-order valence-electron chi connectivity index (χ2n) is 4.46. The van der Waals surface area contributed by atoms with Crippen molar-refractivity contribution < 1.29 is 4.92 Å². The van der Waals surface area contributed by atoms with Crippen LogP contribution in [0, 0.1) is 17.0 Å². The van der Waals surface area contributed by atoms with Crippen molar-refractivity contribution in [3.05, 3.63) is 62.5 Å². The maximum atomic E-state index is 10.6. The van der Waals surface area contributed by atoms with Crippen molar-refractivity contribution in [3.63, 3.8) is 0 Å². The van der Waals surface area contributed by atoms with Gasteiger partial charge in [0.25, 0.3) is 0 Å². The van der Waals surface area contributed by atoms with Crippen LogP contribution in [-0.2, 0) is 6.54 Å². The molecule has 0 bridgehead atoms. The Labute approximate surface area is 116 Å². The lowest BCUT2D eigenvalue weighted by Gasteiger charge is -2.15. The van der Waals surface area contributed by atoms with E-state index in [1.54, 1.807) is 12.1 Å². The molecule has 1 aromatic heterocycles. The first-order chi connectivity index (χ1) is 9.08. The van der Waals surface area contributed by atoms with Crippen LogP contribution in [0.15, 0.2) is 36.4 Å². The summed E-state index contributed by atoms with van der Waals surface area (Å²) < 4.78 is 0. The van der Waals surface area contributed by atoms with Gasteiger partial charge in [0.1, 0.15) is 0 Å². The number of nitrogens with zero attached hydrogens (tertiary/aromatic N) is 1. The smallest absolute Gasteiger partial charge is 0.305 e. The highest BCUT2D eigenvalue weighted by Gasteiger charge is 2.11. The lowest BCUT2D eigenvalue weighted by molar-refractivity contribution is -0.380. The molecule has 0 amide bonds. The molecule has 0 saturated carbocycles. The first kappa shape index (κ1) is 13.7. The quantitative estimate of drug-likeness (QED) is 0.667. The first-order valence-corrected chi connectivity index (χ1v) is 6.91. The molecule has 2 aromatic rings. The van der Waals surface area contributed by atoms with E-state index in [0.717, 1.165) is 4.88 Å². The van der Waals surface area contributed by atoms with Crippen LogP contribution in [0.25, 0.3) is 0 Å². The largest absolute Gasteiger partial charge is 0.324 e. The summed E-state index contributed by atoms with van der Waals surface area (Å²) in [6, 6.07) is 11.8. The fourth-order valence-electron chi connectivity index (χ4n) is 2.00. The summed E-state index contributed by atoms with van der Waals surface area (Å²) in [7, 11) is 0. The van der Waals surface area contributed by atoms with Crippen LogP contribution in [0.3, 0.4) is 0 Å². The van der Waals surface area contributed by atoms with E-state index >= 15 is 0 Å². The molecule has 1 atom stereocenters. The number of nitro groups is 1. The molecule has 0 saturated heterocycles. The maximum Gasteiger partial charge on any atom is 0.324 e. The van der Waals surface area contributed by atoms with Gasteiger partial charge in [-0.3, -0.25) is 10.1 Å². The average molecular weight is 276 g/mol. The molecule has 1 N–H and O–H groups in total. The van der Waals surface area contributed by atoms with Crippen LogP contribution >= 0.6 is 11.3 Å². The third kappa shape index (κ3) is 3.39. The number of aryl methyl sites for hydroxylation is 1. The maximum absolute atomic E-state index is 10.6. The molecule has 0 unspecified atom stereocenters. The monoisotopic (exact) mass is 276 g/mol. The number of hydrogen-bond donors (Lipinski definition) is 1. The zero-order chi connectivity index (χ0) is 13.8. The number of rotatable bonds is 5. The predicted molar refractivity (Wildman–Crippen MR) is 77.4 cm³/mol. The lowest BCUT2D eigenvalue weighted by Crippen LogP contribution is -2.18. The topological polar surface area (TPSA) is 55.2 Å². The minimum Gasteiger partial charge on any atom is -0.305 e. The Morgan fingerprint density at radius 1 is 1.32 bits per heavy atom. The standard InChI is InChI=1S/C14H16N2O2S/c1-10-5-3-4-6-13(10)11(2)15-9-12-7-8-14(19-12)16(17)18/h3-8,11,15H,9H2,1-2H3/t11-/m1/s1. The highest BCUT2D eigenvalue weighted by Crippen LogP contribution is 2.24. The van der Waals surface area contributed by atoms with Crippen molar-refractivity contribution in [2.45, 2.75) is 26.4 Å². The van der Waals surface area contributed by atoms with Gasteiger partial charge >= 0.3 is 5.00 Å².